The second-order valence-electron chi connectivity index (χ2n) is 5.73. The second-order valence-corrected chi connectivity index (χ2v) is 5.73. The molecule has 1 aromatic heterocycles. The van der Waals surface area contributed by atoms with Gasteiger partial charge in [0.15, 0.2) is 0 Å². The van der Waals surface area contributed by atoms with E-state index in [1.54, 1.807) is 0 Å². The summed E-state index contributed by atoms with van der Waals surface area (Å²) in [5, 5.41) is 4.31. The molecular formula is C14H21N3O2. The summed E-state index contributed by atoms with van der Waals surface area (Å²) in [7, 11) is 0. The molecule has 0 unspecified atom stereocenters. The number of hydrogen-bond acceptors (Lipinski definition) is 4. The number of carbonyl (C=O) groups is 1. The van der Waals surface area contributed by atoms with Gasteiger partial charge in [-0.1, -0.05) is 5.16 Å². The third kappa shape index (κ3) is 2.39. The molecule has 5 nitrogen and oxygen atoms in total. The first kappa shape index (κ1) is 12.7. The zero-order valence-corrected chi connectivity index (χ0v) is 11.2. The lowest BCUT2D eigenvalue weighted by atomic mass is 9.78. The highest BCUT2D eigenvalue weighted by atomic mass is 16.5. The molecule has 19 heavy (non-hydrogen) atoms. The maximum Gasteiger partial charge on any atom is 0.236 e. The van der Waals surface area contributed by atoms with Gasteiger partial charge in [0.1, 0.15) is 5.76 Å². The van der Waals surface area contributed by atoms with Crippen LogP contribution >= 0.6 is 0 Å². The summed E-state index contributed by atoms with van der Waals surface area (Å²) >= 11 is 0. The number of nitrogens with zero attached hydrogens (tertiary/aromatic N) is 1. The van der Waals surface area contributed by atoms with E-state index < -0.39 is 0 Å². The summed E-state index contributed by atoms with van der Waals surface area (Å²) in [6.45, 7) is 0. The van der Waals surface area contributed by atoms with Crippen LogP contribution in [0, 0.1) is 5.92 Å². The molecule has 0 aromatic carbocycles. The van der Waals surface area contributed by atoms with Gasteiger partial charge in [-0.2, -0.15) is 0 Å². The molecule has 0 spiro atoms. The molecule has 1 amide bonds. The van der Waals surface area contributed by atoms with Crippen molar-refractivity contribution in [2.45, 2.75) is 57.3 Å². The molecule has 3 N–H and O–H groups in total. The predicted octanol–water partition coefficient (Wildman–Crippen LogP) is 1.82. The van der Waals surface area contributed by atoms with Gasteiger partial charge in [-0.3, -0.25) is 10.2 Å². The SMILES string of the molecule is NNC(=O)[C@H]1CC[C@H](c2noc3c2CCCC3)CC1. The normalized spacial score (nSPS) is 26.8. The Bertz CT molecular complexity index is 461. The average molecular weight is 263 g/mol. The minimum absolute atomic E-state index is 0.0272. The van der Waals surface area contributed by atoms with Crippen molar-refractivity contribution in [1.29, 1.82) is 0 Å². The zero-order valence-electron chi connectivity index (χ0n) is 11.2. The van der Waals surface area contributed by atoms with Crippen LogP contribution in [0.5, 0.6) is 0 Å². The van der Waals surface area contributed by atoms with Crippen molar-refractivity contribution in [1.82, 2.24) is 10.6 Å². The molecular weight excluding hydrogens is 242 g/mol. The number of hydrogen-bond donors (Lipinski definition) is 2. The molecule has 104 valence electrons. The van der Waals surface area contributed by atoms with Crippen LogP contribution in [0.4, 0.5) is 0 Å². The Hall–Kier alpha value is -1.36. The molecule has 0 bridgehead atoms. The molecule has 1 heterocycles. The lowest BCUT2D eigenvalue weighted by Crippen LogP contribution is -2.37. The number of nitrogens with one attached hydrogen (secondary N) is 1. The molecule has 2 aliphatic carbocycles. The molecule has 5 heteroatoms. The second kappa shape index (κ2) is 5.33. The van der Waals surface area contributed by atoms with Gasteiger partial charge in [0, 0.05) is 23.8 Å². The fourth-order valence-corrected chi connectivity index (χ4v) is 3.48. The third-order valence-electron chi connectivity index (χ3n) is 4.61. The topological polar surface area (TPSA) is 81.1 Å². The molecule has 3 rings (SSSR count). The average Bonchev–Trinajstić information content (AvgIpc) is 2.90. The lowest BCUT2D eigenvalue weighted by molar-refractivity contribution is -0.126. The van der Waals surface area contributed by atoms with Crippen LogP contribution in [0.25, 0.3) is 0 Å². The van der Waals surface area contributed by atoms with Crippen molar-refractivity contribution in [3.63, 3.8) is 0 Å². The molecule has 0 saturated heterocycles. The standard InChI is InChI=1S/C14H21N3O2/c15-16-14(18)10-7-5-9(6-8-10)13-11-3-1-2-4-12(11)19-17-13/h9-10H,1-8,15H2,(H,16,18)/t9-,10-. The van der Waals surface area contributed by atoms with Gasteiger partial charge in [-0.25, -0.2) is 5.84 Å². The molecule has 1 fully saturated rings. The van der Waals surface area contributed by atoms with E-state index in [0.29, 0.717) is 5.92 Å². The van der Waals surface area contributed by atoms with Gasteiger partial charge < -0.3 is 4.52 Å². The molecule has 0 aliphatic heterocycles. The number of aromatic nitrogens is 1. The zero-order chi connectivity index (χ0) is 13.2. The fraction of sp³-hybridized carbons (Fsp3) is 0.714. The van der Waals surface area contributed by atoms with Gasteiger partial charge in [-0.15, -0.1) is 0 Å². The van der Waals surface area contributed by atoms with Crippen LogP contribution < -0.4 is 11.3 Å². The smallest absolute Gasteiger partial charge is 0.236 e. The van der Waals surface area contributed by atoms with Gasteiger partial charge in [0.25, 0.3) is 0 Å². The number of rotatable bonds is 2. The Kier molecular flexibility index (Phi) is 3.55. The van der Waals surface area contributed by atoms with E-state index >= 15 is 0 Å². The maximum atomic E-state index is 11.5. The summed E-state index contributed by atoms with van der Waals surface area (Å²) in [4.78, 5) is 11.5. The van der Waals surface area contributed by atoms with E-state index in [2.05, 4.69) is 10.6 Å². The summed E-state index contributed by atoms with van der Waals surface area (Å²) < 4.78 is 5.49. The van der Waals surface area contributed by atoms with Crippen LogP contribution in [-0.2, 0) is 17.6 Å². The fourth-order valence-electron chi connectivity index (χ4n) is 3.48. The van der Waals surface area contributed by atoms with Crippen LogP contribution in [0.1, 0.15) is 61.5 Å². The van der Waals surface area contributed by atoms with Crippen LogP contribution in [-0.4, -0.2) is 11.1 Å². The summed E-state index contributed by atoms with van der Waals surface area (Å²) in [6, 6.07) is 0. The lowest BCUT2D eigenvalue weighted by Gasteiger charge is -2.26. The minimum Gasteiger partial charge on any atom is -0.361 e. The largest absolute Gasteiger partial charge is 0.361 e. The van der Waals surface area contributed by atoms with Crippen molar-refractivity contribution >= 4 is 5.91 Å². The van der Waals surface area contributed by atoms with Crippen molar-refractivity contribution in [3.05, 3.63) is 17.0 Å². The van der Waals surface area contributed by atoms with Gasteiger partial charge in [0.2, 0.25) is 5.91 Å². The van der Waals surface area contributed by atoms with Gasteiger partial charge in [-0.05, 0) is 44.9 Å². The first-order valence-electron chi connectivity index (χ1n) is 7.27. The van der Waals surface area contributed by atoms with E-state index in [9.17, 15) is 4.79 Å². The Morgan fingerprint density at radius 2 is 1.95 bits per heavy atom. The number of nitrogens with two attached hydrogens (primary N) is 1. The summed E-state index contributed by atoms with van der Waals surface area (Å²) in [5.41, 5.74) is 4.79. The predicted molar refractivity (Wildman–Crippen MR) is 70.2 cm³/mol. The van der Waals surface area contributed by atoms with Crippen LogP contribution in [0.3, 0.4) is 0 Å². The molecule has 2 aliphatic rings. The van der Waals surface area contributed by atoms with E-state index in [0.717, 1.165) is 44.3 Å². The van der Waals surface area contributed by atoms with Gasteiger partial charge in [0.05, 0.1) is 5.69 Å². The van der Waals surface area contributed by atoms with Crippen molar-refractivity contribution in [2.75, 3.05) is 0 Å². The summed E-state index contributed by atoms with van der Waals surface area (Å²) in [6.07, 6.45) is 8.42. The number of hydrazine groups is 1. The highest BCUT2D eigenvalue weighted by molar-refractivity contribution is 5.78. The highest BCUT2D eigenvalue weighted by Gasteiger charge is 2.31. The van der Waals surface area contributed by atoms with E-state index in [1.165, 1.54) is 24.1 Å². The minimum atomic E-state index is -0.0272. The number of aryl methyl sites for hydroxylation is 1. The molecule has 0 radical (unpaired) electrons. The Balaban J connectivity index is 1.68. The molecule has 0 atom stereocenters. The molecule has 1 saturated carbocycles. The molecule has 1 aromatic rings. The first-order chi connectivity index (χ1) is 9.29. The monoisotopic (exact) mass is 263 g/mol. The first-order valence-corrected chi connectivity index (χ1v) is 7.27. The van der Waals surface area contributed by atoms with Gasteiger partial charge >= 0.3 is 0 Å². The third-order valence-corrected chi connectivity index (χ3v) is 4.61. The highest BCUT2D eigenvalue weighted by Crippen LogP contribution is 2.38. The quantitative estimate of drug-likeness (QED) is 0.484. The Morgan fingerprint density at radius 3 is 2.68 bits per heavy atom. The van der Waals surface area contributed by atoms with E-state index in [4.69, 9.17) is 10.4 Å². The number of amides is 1. The van der Waals surface area contributed by atoms with Crippen molar-refractivity contribution in [2.24, 2.45) is 11.8 Å². The maximum absolute atomic E-state index is 11.5. The Morgan fingerprint density at radius 1 is 1.21 bits per heavy atom. The summed E-state index contributed by atoms with van der Waals surface area (Å²) in [5.74, 6) is 6.81. The number of carbonyl (C=O) groups excluding carboxylic acids is 1. The van der Waals surface area contributed by atoms with Crippen LogP contribution in [0.15, 0.2) is 4.52 Å². The van der Waals surface area contributed by atoms with Crippen molar-refractivity contribution in [3.8, 4) is 0 Å². The van der Waals surface area contributed by atoms with Crippen molar-refractivity contribution < 1.29 is 9.32 Å². The Labute approximate surface area is 112 Å². The number of fused-ring (bicyclic) bond motifs is 1. The van der Waals surface area contributed by atoms with Crippen LogP contribution in [0.2, 0.25) is 0 Å². The van der Waals surface area contributed by atoms with E-state index in [-0.39, 0.29) is 11.8 Å². The van der Waals surface area contributed by atoms with E-state index in [1.807, 2.05) is 0 Å².